The van der Waals surface area contributed by atoms with E-state index >= 15 is 0 Å². The molecule has 0 radical (unpaired) electrons. The second-order valence-electron chi connectivity index (χ2n) is 11.2. The Labute approximate surface area is 267 Å². The minimum Gasteiger partial charge on any atom is -0.495 e. The van der Waals surface area contributed by atoms with Crippen LogP contribution in [0.1, 0.15) is 13.8 Å². The molecule has 5 rings (SSSR count). The van der Waals surface area contributed by atoms with Crippen LogP contribution in [0.2, 0.25) is 0 Å². The summed E-state index contributed by atoms with van der Waals surface area (Å²) in [6, 6.07) is 1.42. The highest BCUT2D eigenvalue weighted by Crippen LogP contribution is 2.45. The Kier molecular flexibility index (Phi) is 8.69. The molecule has 20 heteroatoms. The third kappa shape index (κ3) is 6.08. The highest BCUT2D eigenvalue weighted by atomic mass is 32.2. The third-order valence-electron chi connectivity index (χ3n) is 7.97. The van der Waals surface area contributed by atoms with E-state index in [1.165, 1.54) is 52.3 Å². The van der Waals surface area contributed by atoms with E-state index < -0.39 is 109 Å². The predicted octanol–water partition coefficient (Wildman–Crippen LogP) is -0.353. The van der Waals surface area contributed by atoms with Gasteiger partial charge < -0.3 is 20.1 Å². The Hall–Kier alpha value is -3.30. The molecule has 252 valence electrons. The van der Waals surface area contributed by atoms with Crippen molar-refractivity contribution in [3.63, 3.8) is 0 Å². The molecular weight excluding hydrogens is 689 g/mol. The van der Waals surface area contributed by atoms with Crippen molar-refractivity contribution in [2.45, 2.75) is 47.8 Å². The lowest BCUT2D eigenvalue weighted by Gasteiger charge is -2.49. The van der Waals surface area contributed by atoms with Crippen LogP contribution >= 0.6 is 0 Å². The van der Waals surface area contributed by atoms with Crippen LogP contribution in [0.15, 0.2) is 46.2 Å². The summed E-state index contributed by atoms with van der Waals surface area (Å²) in [4.78, 5) is 22.5. The van der Waals surface area contributed by atoms with Crippen LogP contribution in [-0.2, 0) is 49.3 Å². The van der Waals surface area contributed by atoms with Crippen molar-refractivity contribution < 1.29 is 52.7 Å². The van der Waals surface area contributed by atoms with Gasteiger partial charge in [0.2, 0.25) is 31.9 Å². The number of carbonyl (C=O) groups is 2. The Morgan fingerprint density at radius 2 is 0.957 bits per heavy atom. The zero-order chi connectivity index (χ0) is 34.0. The van der Waals surface area contributed by atoms with Crippen LogP contribution in [-0.4, -0.2) is 115 Å². The monoisotopic (exact) mass is 720 g/mol. The molecule has 2 amide bonds. The number of sulfonamides is 2. The van der Waals surface area contributed by atoms with Crippen molar-refractivity contribution in [2.24, 2.45) is 0 Å². The van der Waals surface area contributed by atoms with Gasteiger partial charge in [-0.2, -0.15) is 8.61 Å². The largest absolute Gasteiger partial charge is 0.495 e. The van der Waals surface area contributed by atoms with Gasteiger partial charge in [-0.3, -0.25) is 9.59 Å². The summed E-state index contributed by atoms with van der Waals surface area (Å²) in [5.74, 6) is -4.50. The molecule has 0 saturated carbocycles. The highest BCUT2D eigenvalue weighted by Gasteiger charge is 2.64. The lowest BCUT2D eigenvalue weighted by Crippen LogP contribution is -2.69. The molecule has 0 spiro atoms. The fourth-order valence-electron chi connectivity index (χ4n) is 6.34. The zero-order valence-electron chi connectivity index (χ0n) is 25.0. The molecule has 3 fully saturated rings. The van der Waals surface area contributed by atoms with Crippen molar-refractivity contribution in [3.05, 3.63) is 36.4 Å². The van der Waals surface area contributed by atoms with E-state index in [-0.39, 0.29) is 22.9 Å². The lowest BCUT2D eigenvalue weighted by atomic mass is 10.0. The second-order valence-corrected chi connectivity index (χ2v) is 19.1. The first-order chi connectivity index (χ1) is 21.3. The summed E-state index contributed by atoms with van der Waals surface area (Å²) >= 11 is 0. The number of rotatable bonds is 8. The first-order valence-electron chi connectivity index (χ1n) is 13.7. The van der Waals surface area contributed by atoms with Crippen LogP contribution in [0.4, 0.5) is 11.4 Å². The van der Waals surface area contributed by atoms with Crippen LogP contribution < -0.4 is 20.1 Å². The average molecular weight is 721 g/mol. The summed E-state index contributed by atoms with van der Waals surface area (Å²) in [5, 5.41) is 4.94. The number of benzene rings is 2. The van der Waals surface area contributed by atoms with Crippen LogP contribution in [0.3, 0.4) is 0 Å². The SMILES string of the molecule is COc1ccc(NC(C)=O)cc1S(=O)(=O)N1[C@@H]2CS(=O)(=O)C[C@@H]2N(S(=O)(=O)c2cc(NC(C)=O)ccc2OC)[C@@H]2CS(=O)(=O)C[C@@H]21. The molecule has 2 aromatic carbocycles. The Morgan fingerprint density at radius 3 is 1.22 bits per heavy atom. The number of amides is 2. The molecule has 0 unspecified atom stereocenters. The van der Waals surface area contributed by atoms with E-state index in [4.69, 9.17) is 9.47 Å². The Bertz CT molecular complexity index is 1870. The third-order valence-corrected chi connectivity index (χ3v) is 15.3. The molecule has 16 nitrogen and oxygen atoms in total. The Balaban J connectivity index is 1.72. The van der Waals surface area contributed by atoms with E-state index in [1.54, 1.807) is 0 Å². The van der Waals surface area contributed by atoms with E-state index in [0.29, 0.717) is 0 Å². The van der Waals surface area contributed by atoms with Crippen molar-refractivity contribution in [1.82, 2.24) is 8.61 Å². The molecule has 46 heavy (non-hydrogen) atoms. The maximum absolute atomic E-state index is 14.5. The van der Waals surface area contributed by atoms with Crippen molar-refractivity contribution in [3.8, 4) is 11.5 Å². The van der Waals surface area contributed by atoms with Gasteiger partial charge in [0.15, 0.2) is 19.7 Å². The maximum atomic E-state index is 14.5. The molecule has 0 aliphatic carbocycles. The number of methoxy groups -OCH3 is 2. The number of sulfone groups is 2. The zero-order valence-corrected chi connectivity index (χ0v) is 28.3. The smallest absolute Gasteiger partial charge is 0.247 e. The number of piperazine rings is 1. The van der Waals surface area contributed by atoms with Gasteiger partial charge >= 0.3 is 0 Å². The van der Waals surface area contributed by atoms with Gasteiger partial charge in [0.1, 0.15) is 21.3 Å². The van der Waals surface area contributed by atoms with E-state index in [0.717, 1.165) is 20.7 Å². The summed E-state index contributed by atoms with van der Waals surface area (Å²) in [6.07, 6.45) is 0. The number of carbonyl (C=O) groups excluding carboxylic acids is 2. The second kappa shape index (κ2) is 11.7. The number of ether oxygens (including phenoxy) is 2. The van der Waals surface area contributed by atoms with Crippen LogP contribution in [0, 0.1) is 0 Å². The predicted molar refractivity (Wildman–Crippen MR) is 165 cm³/mol. The molecule has 3 heterocycles. The molecule has 3 saturated heterocycles. The molecule has 0 aromatic heterocycles. The van der Waals surface area contributed by atoms with E-state index in [9.17, 15) is 43.3 Å². The topological polar surface area (TPSA) is 220 Å². The molecule has 2 N–H and O–H groups in total. The fourth-order valence-corrected chi connectivity index (χ4v) is 14.7. The van der Waals surface area contributed by atoms with E-state index in [1.807, 2.05) is 0 Å². The molecule has 3 aliphatic heterocycles. The number of fused-ring (bicyclic) bond motifs is 2. The average Bonchev–Trinajstić information content (AvgIpc) is 3.42. The molecular formula is C26H32N4O12S4. The molecule has 3 aliphatic rings. The van der Waals surface area contributed by atoms with E-state index in [2.05, 4.69) is 10.6 Å². The number of nitrogens with one attached hydrogen (secondary N) is 2. The number of nitrogens with zero attached hydrogens (tertiary/aromatic N) is 2. The maximum Gasteiger partial charge on any atom is 0.247 e. The van der Waals surface area contributed by atoms with Gasteiger partial charge in [0.25, 0.3) is 0 Å². The van der Waals surface area contributed by atoms with Crippen molar-refractivity contribution in [2.75, 3.05) is 47.9 Å². The van der Waals surface area contributed by atoms with Gasteiger partial charge in [-0.1, -0.05) is 0 Å². The summed E-state index contributed by atoms with van der Waals surface area (Å²) in [7, 11) is -15.3. The van der Waals surface area contributed by atoms with Crippen molar-refractivity contribution >= 4 is 62.9 Å². The molecule has 2 aromatic rings. The normalized spacial score (nSPS) is 25.7. The van der Waals surface area contributed by atoms with Gasteiger partial charge in [0, 0.05) is 25.2 Å². The van der Waals surface area contributed by atoms with Gasteiger partial charge in [0.05, 0.1) is 61.4 Å². The summed E-state index contributed by atoms with van der Waals surface area (Å²) < 4.78 is 123. The number of anilines is 2. The van der Waals surface area contributed by atoms with Crippen molar-refractivity contribution in [1.29, 1.82) is 0 Å². The number of hydrogen-bond acceptors (Lipinski definition) is 12. The standard InChI is InChI=1S/C26H32N4O12S4/c1-15(31)27-17-5-7-23(41-3)25(9-17)45(37,38)29-19-11-43(33,34)13-21(19)30(22-14-44(35,36)12-20(22)29)46(39,40)26-10-18(28-16(2)32)6-8-24(26)42-4/h5-10,19-22H,11-14H2,1-4H3,(H,27,31)(H,28,32)/t19-,20+,21+,22-. The molecule has 4 atom stereocenters. The highest BCUT2D eigenvalue weighted by molar-refractivity contribution is 7.93. The van der Waals surface area contributed by atoms with Crippen LogP contribution in [0.25, 0.3) is 0 Å². The minimum absolute atomic E-state index is 0.0745. The summed E-state index contributed by atoms with van der Waals surface area (Å²) in [6.45, 7) is 2.42. The first-order valence-corrected chi connectivity index (χ1v) is 20.2. The minimum atomic E-state index is -4.80. The summed E-state index contributed by atoms with van der Waals surface area (Å²) in [5.41, 5.74) is 0.149. The van der Waals surface area contributed by atoms with Crippen LogP contribution in [0.5, 0.6) is 11.5 Å². The fraction of sp³-hybridized carbons (Fsp3) is 0.462. The van der Waals surface area contributed by atoms with Gasteiger partial charge in [-0.05, 0) is 36.4 Å². The lowest BCUT2D eigenvalue weighted by molar-refractivity contribution is -0.115. The van der Waals surface area contributed by atoms with Gasteiger partial charge in [-0.15, -0.1) is 0 Å². The van der Waals surface area contributed by atoms with Gasteiger partial charge in [-0.25, -0.2) is 33.7 Å². The quantitative estimate of drug-likeness (QED) is 0.358. The molecule has 0 bridgehead atoms. The Morgan fingerprint density at radius 1 is 0.652 bits per heavy atom. The number of hydrogen-bond donors (Lipinski definition) is 2. The first kappa shape index (κ1) is 34.0.